The van der Waals surface area contributed by atoms with Gasteiger partial charge in [-0.2, -0.15) is 39.8 Å². The molecule has 1 aromatic rings. The first kappa shape index (κ1) is 27.0. The first-order valence-electron chi connectivity index (χ1n) is 7.09. The second-order valence-corrected chi connectivity index (χ2v) is 9.60. The van der Waals surface area contributed by atoms with Gasteiger partial charge >= 0.3 is 30.4 Å². The molecule has 1 atom stereocenters. The summed E-state index contributed by atoms with van der Waals surface area (Å²) in [6, 6.07) is 3.98. The number of nitrogens with one attached hydrogen (secondary N) is 1. The molecule has 0 saturated carbocycles. The highest BCUT2D eigenvalue weighted by atomic mass is 35.5. The fraction of sp³-hybridized carbons (Fsp3) is 0.500. The van der Waals surface area contributed by atoms with Crippen LogP contribution in [0.1, 0.15) is 16.9 Å². The van der Waals surface area contributed by atoms with Crippen molar-refractivity contribution in [2.75, 3.05) is 0 Å². The van der Waals surface area contributed by atoms with Crippen LogP contribution >= 0.6 is 19.2 Å². The van der Waals surface area contributed by atoms with Gasteiger partial charge in [-0.25, -0.2) is 13.2 Å². The van der Waals surface area contributed by atoms with Crippen LogP contribution in [0.25, 0.3) is 0 Å². The minimum Gasteiger partial charge on any atom is -0.323 e. The lowest BCUT2D eigenvalue weighted by Crippen LogP contribution is -2.57. The van der Waals surface area contributed by atoms with Gasteiger partial charge < -0.3 is 9.79 Å². The van der Waals surface area contributed by atoms with Gasteiger partial charge in [0.25, 0.3) is 10.0 Å². The van der Waals surface area contributed by atoms with E-state index >= 15 is 0 Å². The Bertz CT molecular complexity index is 918. The zero-order chi connectivity index (χ0) is 24.0. The van der Waals surface area contributed by atoms with Crippen molar-refractivity contribution >= 4 is 29.2 Å². The average molecular weight is 516 g/mol. The van der Waals surface area contributed by atoms with E-state index in [9.17, 15) is 57.9 Å². The molecule has 0 fully saturated rings. The fourth-order valence-corrected chi connectivity index (χ4v) is 4.23. The summed E-state index contributed by atoms with van der Waals surface area (Å²) in [5, 5.41) is -12.7. The Balaban J connectivity index is 3.38. The second-order valence-electron chi connectivity index (χ2n) is 5.67. The van der Waals surface area contributed by atoms with Gasteiger partial charge in [-0.15, -0.1) is 0 Å². The average Bonchev–Trinajstić information content (AvgIpc) is 2.50. The molecule has 1 rings (SSSR count). The van der Waals surface area contributed by atoms with Crippen molar-refractivity contribution < 1.29 is 62.6 Å². The van der Waals surface area contributed by atoms with Crippen LogP contribution in [0.4, 0.5) is 35.1 Å². The molecule has 0 radical (unpaired) electrons. The van der Waals surface area contributed by atoms with Crippen molar-refractivity contribution in [2.24, 2.45) is 0 Å². The minimum atomic E-state index is -6.95. The molecule has 0 aromatic heterocycles. The van der Waals surface area contributed by atoms with Crippen LogP contribution in [-0.2, 0) is 19.3 Å². The van der Waals surface area contributed by atoms with Crippen LogP contribution in [-0.4, -0.2) is 41.1 Å². The van der Waals surface area contributed by atoms with Crippen molar-refractivity contribution in [1.82, 2.24) is 4.72 Å². The Hall–Kier alpha value is -1.03. The van der Waals surface area contributed by atoms with E-state index in [-0.39, 0.29) is 0 Å². The summed E-state index contributed by atoms with van der Waals surface area (Å²) in [4.78, 5) is 18.4. The summed E-state index contributed by atoms with van der Waals surface area (Å²) >= 11 is 3.78. The first-order chi connectivity index (χ1) is 13.1. The lowest BCUT2D eigenvalue weighted by Gasteiger charge is -2.31. The normalized spacial score (nSPS) is 15.9. The van der Waals surface area contributed by atoms with Crippen molar-refractivity contribution in [3.8, 4) is 0 Å². The Kier molecular flexibility index (Phi) is 7.33. The molecule has 7 nitrogen and oxygen atoms in total. The van der Waals surface area contributed by atoms with Crippen molar-refractivity contribution in [1.29, 1.82) is 0 Å². The molecule has 0 aliphatic heterocycles. The van der Waals surface area contributed by atoms with Crippen LogP contribution in [0.15, 0.2) is 24.3 Å². The Labute approximate surface area is 168 Å². The Morgan fingerprint density at radius 1 is 1.00 bits per heavy atom. The Morgan fingerprint density at radius 3 is 1.80 bits per heavy atom. The van der Waals surface area contributed by atoms with Gasteiger partial charge in [-0.3, -0.25) is 4.57 Å². The minimum absolute atomic E-state index is 0.459. The van der Waals surface area contributed by atoms with Crippen LogP contribution in [0.2, 0.25) is 0 Å². The fourth-order valence-electron chi connectivity index (χ4n) is 1.74. The molecule has 30 heavy (non-hydrogen) atoms. The molecule has 0 spiro atoms. The number of alkyl halides is 9. The van der Waals surface area contributed by atoms with Crippen LogP contribution in [0.5, 0.6) is 0 Å². The lowest BCUT2D eigenvalue weighted by molar-refractivity contribution is -0.442. The number of aryl methyl sites for hydroxylation is 1. The van der Waals surface area contributed by atoms with Crippen LogP contribution < -0.4 is 4.72 Å². The Morgan fingerprint density at radius 2 is 1.43 bits per heavy atom. The number of ether oxygens (including phenoxy) is 1. The third-order valence-electron chi connectivity index (χ3n) is 3.26. The maximum absolute atomic E-state index is 13.8. The molecule has 0 aliphatic rings. The molecular weight excluding hydrogens is 505 g/mol. The number of halogens is 9. The monoisotopic (exact) mass is 515 g/mol. The van der Waals surface area contributed by atoms with Gasteiger partial charge in [-0.05, 0) is 24.1 Å². The number of hydrogen-bond acceptors (Lipinski definition) is 4. The predicted octanol–water partition coefficient (Wildman–Crippen LogP) is 3.72. The third-order valence-corrected chi connectivity index (χ3v) is 6.21. The quantitative estimate of drug-likeness (QED) is 0.263. The van der Waals surface area contributed by atoms with Crippen molar-refractivity contribution in [3.05, 3.63) is 35.4 Å². The highest BCUT2D eigenvalue weighted by Crippen LogP contribution is 2.53. The number of hydrogen-bond donors (Lipinski definition) is 3. The highest BCUT2D eigenvalue weighted by molar-refractivity contribution is 7.90. The molecule has 0 bridgehead atoms. The molecule has 0 saturated heterocycles. The van der Waals surface area contributed by atoms with Gasteiger partial charge in [0.15, 0.2) is 0 Å². The lowest BCUT2D eigenvalue weighted by atomic mass is 10.1. The zero-order valence-corrected chi connectivity index (χ0v) is 16.6. The standard InChI is InChI=1S/C12H11ClF8NO6PS/c1-6-2-4-7(5-3-6)8(29(23,24)25)22-30(26,27)12(20,21)11(18,19)28-10(16,17)9(13,14)15/h2-5,8,22H,1H3,(H2,23,24,25). The molecule has 0 aliphatic carbocycles. The van der Waals surface area contributed by atoms with Crippen LogP contribution in [0.3, 0.4) is 0 Å². The number of sulfonamides is 1. The van der Waals surface area contributed by atoms with E-state index in [1.54, 1.807) is 0 Å². The SMILES string of the molecule is Cc1ccc(C(NS(=O)(=O)C(F)(F)C(F)(F)OC(F)(F)C(F)(F)Cl)P(=O)(O)O)cc1. The molecule has 1 aromatic carbocycles. The maximum atomic E-state index is 13.8. The molecule has 18 heteroatoms. The van der Waals surface area contributed by atoms with Gasteiger partial charge in [0, 0.05) is 0 Å². The second kappa shape index (κ2) is 8.15. The summed E-state index contributed by atoms with van der Waals surface area (Å²) in [7, 11) is -12.6. The van der Waals surface area contributed by atoms with Gasteiger partial charge in [0.1, 0.15) is 5.78 Å². The van der Waals surface area contributed by atoms with E-state index in [2.05, 4.69) is 11.6 Å². The third kappa shape index (κ3) is 5.60. The highest BCUT2D eigenvalue weighted by Gasteiger charge is 2.74. The maximum Gasteiger partial charge on any atom is 0.448 e. The van der Waals surface area contributed by atoms with E-state index in [4.69, 9.17) is 0 Å². The smallest absolute Gasteiger partial charge is 0.323 e. The topological polar surface area (TPSA) is 113 Å². The van der Waals surface area contributed by atoms with Gasteiger partial charge in [0.05, 0.1) is 0 Å². The van der Waals surface area contributed by atoms with Crippen LogP contribution in [0, 0.1) is 6.92 Å². The van der Waals surface area contributed by atoms with E-state index in [0.717, 1.165) is 24.3 Å². The van der Waals surface area contributed by atoms with E-state index in [0.29, 0.717) is 10.3 Å². The van der Waals surface area contributed by atoms with Crippen molar-refractivity contribution in [2.45, 2.75) is 35.6 Å². The van der Waals surface area contributed by atoms with Gasteiger partial charge in [-0.1, -0.05) is 29.8 Å². The van der Waals surface area contributed by atoms with Crippen molar-refractivity contribution in [3.63, 3.8) is 0 Å². The molecule has 174 valence electrons. The summed E-state index contributed by atoms with van der Waals surface area (Å²) in [5.74, 6) is -2.86. The number of rotatable bonds is 9. The summed E-state index contributed by atoms with van der Waals surface area (Å²) < 4.78 is 143. The van der Waals surface area contributed by atoms with E-state index in [1.807, 2.05) is 4.74 Å². The summed E-state index contributed by atoms with van der Waals surface area (Å²) in [6.07, 6.45) is -13.3. The molecule has 0 heterocycles. The molecule has 0 amide bonds. The molecular formula is C12H11ClF8NO6PS. The summed E-state index contributed by atoms with van der Waals surface area (Å²) in [6.45, 7) is 1.47. The first-order valence-corrected chi connectivity index (χ1v) is 10.6. The molecule has 1 unspecified atom stereocenters. The zero-order valence-electron chi connectivity index (χ0n) is 14.2. The summed E-state index contributed by atoms with van der Waals surface area (Å²) in [5.41, 5.74) is -0.212. The molecule has 3 N–H and O–H groups in total. The van der Waals surface area contributed by atoms with Gasteiger partial charge in [0.2, 0.25) is 0 Å². The number of benzene rings is 1. The largest absolute Gasteiger partial charge is 0.448 e. The van der Waals surface area contributed by atoms with E-state index < -0.39 is 51.8 Å². The predicted molar refractivity (Wildman–Crippen MR) is 84.7 cm³/mol. The van der Waals surface area contributed by atoms with E-state index in [1.165, 1.54) is 6.92 Å².